The quantitative estimate of drug-likeness (QED) is 0.778. The Hall–Kier alpha value is -1.60. The average molecular weight is 267 g/mol. The highest BCUT2D eigenvalue weighted by Crippen LogP contribution is 2.23. The third-order valence-electron chi connectivity index (χ3n) is 3.93. The number of hydrogen-bond donors (Lipinski definition) is 1. The van der Waals surface area contributed by atoms with Gasteiger partial charge in [-0.05, 0) is 55.1 Å². The molecule has 0 aliphatic rings. The normalized spacial score (nSPS) is 12.3. The van der Waals surface area contributed by atoms with Gasteiger partial charge in [0.1, 0.15) is 0 Å². The summed E-state index contributed by atoms with van der Waals surface area (Å²) < 4.78 is 0. The van der Waals surface area contributed by atoms with Crippen molar-refractivity contribution in [2.75, 3.05) is 7.05 Å². The molecule has 20 heavy (non-hydrogen) atoms. The highest BCUT2D eigenvalue weighted by atomic mass is 14.8. The Morgan fingerprint density at radius 3 is 2.40 bits per heavy atom. The minimum atomic E-state index is 0.388. The number of nitrogens with one attached hydrogen (secondary N) is 1. The van der Waals surface area contributed by atoms with Crippen molar-refractivity contribution >= 4 is 0 Å². The van der Waals surface area contributed by atoms with E-state index in [1.165, 1.54) is 41.5 Å². The molecule has 1 heteroatoms. The van der Waals surface area contributed by atoms with Gasteiger partial charge in [-0.2, -0.15) is 0 Å². The summed E-state index contributed by atoms with van der Waals surface area (Å²) in [7, 11) is 2.00. The first-order valence-electron chi connectivity index (χ1n) is 7.61. The molecule has 0 saturated carbocycles. The van der Waals surface area contributed by atoms with Crippen molar-refractivity contribution in [3.8, 4) is 11.1 Å². The van der Waals surface area contributed by atoms with Crippen LogP contribution in [-0.2, 0) is 6.42 Å². The maximum atomic E-state index is 3.29. The summed E-state index contributed by atoms with van der Waals surface area (Å²) in [6, 6.07) is 18.2. The molecule has 0 aromatic heterocycles. The van der Waals surface area contributed by atoms with Gasteiger partial charge in [-0.1, -0.05) is 55.8 Å². The molecule has 2 aromatic rings. The number of aryl methyl sites for hydroxylation is 1. The zero-order chi connectivity index (χ0) is 14.4. The minimum absolute atomic E-state index is 0.388. The molecule has 2 rings (SSSR count). The first kappa shape index (κ1) is 14.8. The van der Waals surface area contributed by atoms with E-state index in [0.717, 1.165) is 0 Å². The van der Waals surface area contributed by atoms with Gasteiger partial charge in [0.25, 0.3) is 0 Å². The van der Waals surface area contributed by atoms with Crippen LogP contribution in [0.15, 0.2) is 48.5 Å². The molecule has 0 fully saturated rings. The van der Waals surface area contributed by atoms with Crippen molar-refractivity contribution in [2.24, 2.45) is 0 Å². The number of benzene rings is 2. The van der Waals surface area contributed by atoms with Crippen LogP contribution >= 0.6 is 0 Å². The first-order valence-corrected chi connectivity index (χ1v) is 7.61. The second kappa shape index (κ2) is 7.25. The molecule has 0 bridgehead atoms. The topological polar surface area (TPSA) is 12.0 Å². The van der Waals surface area contributed by atoms with Gasteiger partial charge in [0.05, 0.1) is 0 Å². The van der Waals surface area contributed by atoms with Crippen LogP contribution in [0.4, 0.5) is 0 Å². The van der Waals surface area contributed by atoms with Crippen LogP contribution in [0, 0.1) is 0 Å². The molecule has 2 aromatic carbocycles. The lowest BCUT2D eigenvalue weighted by atomic mass is 9.98. The average Bonchev–Trinajstić information content (AvgIpc) is 2.52. The highest BCUT2D eigenvalue weighted by Gasteiger charge is 2.04. The van der Waals surface area contributed by atoms with Gasteiger partial charge in [-0.25, -0.2) is 0 Å². The van der Waals surface area contributed by atoms with Crippen LogP contribution in [-0.4, -0.2) is 7.05 Å². The summed E-state index contributed by atoms with van der Waals surface area (Å²) in [5.74, 6) is 0. The van der Waals surface area contributed by atoms with Crippen molar-refractivity contribution in [3.63, 3.8) is 0 Å². The van der Waals surface area contributed by atoms with Crippen LogP contribution < -0.4 is 5.32 Å². The van der Waals surface area contributed by atoms with E-state index in [9.17, 15) is 0 Å². The Balaban J connectivity index is 2.18. The predicted molar refractivity (Wildman–Crippen MR) is 88.0 cm³/mol. The molecule has 106 valence electrons. The zero-order valence-electron chi connectivity index (χ0n) is 12.8. The molecule has 0 aliphatic heterocycles. The van der Waals surface area contributed by atoms with E-state index < -0.39 is 0 Å². The summed E-state index contributed by atoms with van der Waals surface area (Å²) >= 11 is 0. The Morgan fingerprint density at radius 2 is 1.75 bits per heavy atom. The molecule has 1 N–H and O–H groups in total. The van der Waals surface area contributed by atoms with Crippen LogP contribution in [0.1, 0.15) is 43.9 Å². The van der Waals surface area contributed by atoms with Crippen LogP contribution in [0.5, 0.6) is 0 Å². The summed E-state index contributed by atoms with van der Waals surface area (Å²) in [5, 5.41) is 3.29. The summed E-state index contributed by atoms with van der Waals surface area (Å²) in [5.41, 5.74) is 5.37. The van der Waals surface area contributed by atoms with Crippen molar-refractivity contribution in [1.82, 2.24) is 5.32 Å². The lowest BCUT2D eigenvalue weighted by Gasteiger charge is -2.12. The fraction of sp³-hybridized carbons (Fsp3) is 0.368. The largest absolute Gasteiger partial charge is 0.313 e. The number of unbranched alkanes of at least 4 members (excludes halogenated alkanes) is 1. The second-order valence-corrected chi connectivity index (χ2v) is 5.44. The smallest absolute Gasteiger partial charge is 0.0289 e. The molecular formula is C19H25N. The van der Waals surface area contributed by atoms with Gasteiger partial charge in [-0.3, -0.25) is 0 Å². The highest BCUT2D eigenvalue weighted by molar-refractivity contribution is 5.64. The SMILES string of the molecule is CCCCc1ccc(-c2cccc(C(C)NC)c2)cc1. The molecule has 0 amide bonds. The third-order valence-corrected chi connectivity index (χ3v) is 3.93. The monoisotopic (exact) mass is 267 g/mol. The van der Waals surface area contributed by atoms with E-state index in [1.807, 2.05) is 7.05 Å². The van der Waals surface area contributed by atoms with Crippen molar-refractivity contribution < 1.29 is 0 Å². The molecular weight excluding hydrogens is 242 g/mol. The lowest BCUT2D eigenvalue weighted by Crippen LogP contribution is -2.12. The Kier molecular flexibility index (Phi) is 5.37. The molecule has 1 atom stereocenters. The van der Waals surface area contributed by atoms with Crippen LogP contribution in [0.25, 0.3) is 11.1 Å². The molecule has 1 nitrogen and oxygen atoms in total. The minimum Gasteiger partial charge on any atom is -0.313 e. The lowest BCUT2D eigenvalue weighted by molar-refractivity contribution is 0.652. The van der Waals surface area contributed by atoms with E-state index in [-0.39, 0.29) is 0 Å². The Morgan fingerprint density at radius 1 is 1.00 bits per heavy atom. The first-order chi connectivity index (χ1) is 9.74. The van der Waals surface area contributed by atoms with Gasteiger partial charge in [-0.15, -0.1) is 0 Å². The van der Waals surface area contributed by atoms with Crippen molar-refractivity contribution in [1.29, 1.82) is 0 Å². The van der Waals surface area contributed by atoms with E-state index >= 15 is 0 Å². The maximum Gasteiger partial charge on any atom is 0.0289 e. The van der Waals surface area contributed by atoms with Gasteiger partial charge >= 0.3 is 0 Å². The maximum absolute atomic E-state index is 3.29. The van der Waals surface area contributed by atoms with Crippen molar-refractivity contribution in [2.45, 2.75) is 39.2 Å². The van der Waals surface area contributed by atoms with Crippen molar-refractivity contribution in [3.05, 3.63) is 59.7 Å². The number of rotatable bonds is 6. The Bertz CT molecular complexity index is 528. The molecule has 0 spiro atoms. The molecule has 0 radical (unpaired) electrons. The zero-order valence-corrected chi connectivity index (χ0v) is 12.8. The summed E-state index contributed by atoms with van der Waals surface area (Å²) in [6.45, 7) is 4.43. The summed E-state index contributed by atoms with van der Waals surface area (Å²) in [6.07, 6.45) is 3.72. The van der Waals surface area contributed by atoms with Gasteiger partial charge in [0.2, 0.25) is 0 Å². The van der Waals surface area contributed by atoms with Gasteiger partial charge < -0.3 is 5.32 Å². The standard InChI is InChI=1S/C19H25N/c1-4-5-7-16-10-12-17(13-11-16)19-9-6-8-18(14-19)15(2)20-3/h6,8-15,20H,4-5,7H2,1-3H3. The van der Waals surface area contributed by atoms with E-state index in [2.05, 4.69) is 67.7 Å². The second-order valence-electron chi connectivity index (χ2n) is 5.44. The Labute approximate surface area is 123 Å². The molecule has 0 saturated heterocycles. The van der Waals surface area contributed by atoms with Gasteiger partial charge in [0, 0.05) is 6.04 Å². The predicted octanol–water partition coefficient (Wildman–Crippen LogP) is 4.98. The third kappa shape index (κ3) is 3.71. The van der Waals surface area contributed by atoms with Crippen LogP contribution in [0.2, 0.25) is 0 Å². The van der Waals surface area contributed by atoms with E-state index in [4.69, 9.17) is 0 Å². The molecule has 0 aliphatic carbocycles. The fourth-order valence-corrected chi connectivity index (χ4v) is 2.40. The van der Waals surface area contributed by atoms with E-state index in [0.29, 0.717) is 6.04 Å². The number of hydrogen-bond acceptors (Lipinski definition) is 1. The van der Waals surface area contributed by atoms with E-state index in [1.54, 1.807) is 0 Å². The van der Waals surface area contributed by atoms with Gasteiger partial charge in [0.15, 0.2) is 0 Å². The van der Waals surface area contributed by atoms with Crippen LogP contribution in [0.3, 0.4) is 0 Å². The molecule has 0 heterocycles. The molecule has 1 unspecified atom stereocenters. The summed E-state index contributed by atoms with van der Waals surface area (Å²) in [4.78, 5) is 0. The fourth-order valence-electron chi connectivity index (χ4n) is 2.40.